The smallest absolute Gasteiger partial charge is 0.339 e. The lowest BCUT2D eigenvalue weighted by Gasteiger charge is -2.28. The minimum atomic E-state index is -0.459. The second-order valence-corrected chi connectivity index (χ2v) is 6.11. The lowest BCUT2D eigenvalue weighted by Crippen LogP contribution is -2.30. The molecule has 26 heavy (non-hydrogen) atoms. The lowest BCUT2D eigenvalue weighted by atomic mass is 10.0. The van der Waals surface area contributed by atoms with Gasteiger partial charge >= 0.3 is 5.97 Å². The highest BCUT2D eigenvalue weighted by Gasteiger charge is 2.24. The van der Waals surface area contributed by atoms with Crippen LogP contribution in [-0.2, 0) is 17.7 Å². The number of carbonyl (C=O) groups is 1. The number of benzene rings is 1. The van der Waals surface area contributed by atoms with Crippen LogP contribution in [-0.4, -0.2) is 34.5 Å². The van der Waals surface area contributed by atoms with Gasteiger partial charge < -0.3 is 14.6 Å². The summed E-state index contributed by atoms with van der Waals surface area (Å²) < 4.78 is 4.86. The van der Waals surface area contributed by atoms with Crippen LogP contribution in [0.1, 0.15) is 21.6 Å². The van der Waals surface area contributed by atoms with E-state index in [1.54, 1.807) is 12.1 Å². The molecule has 8 heteroatoms. The Balaban J connectivity index is 1.70. The number of aromatic amines is 1. The van der Waals surface area contributed by atoms with Crippen LogP contribution in [0.15, 0.2) is 36.5 Å². The Morgan fingerprint density at radius 3 is 2.88 bits per heavy atom. The van der Waals surface area contributed by atoms with E-state index in [2.05, 4.69) is 14.9 Å². The summed E-state index contributed by atoms with van der Waals surface area (Å²) in [6.45, 7) is 1.35. The fourth-order valence-electron chi connectivity index (χ4n) is 3.39. The summed E-state index contributed by atoms with van der Waals surface area (Å²) in [6, 6.07) is 8.68. The topological polar surface area (TPSA) is 101 Å². The van der Waals surface area contributed by atoms with Gasteiger partial charge in [0.25, 0.3) is 5.69 Å². The van der Waals surface area contributed by atoms with E-state index < -0.39 is 4.92 Å². The van der Waals surface area contributed by atoms with Gasteiger partial charge in [0.15, 0.2) is 0 Å². The fourth-order valence-corrected chi connectivity index (χ4v) is 3.39. The largest absolute Gasteiger partial charge is 0.465 e. The van der Waals surface area contributed by atoms with Crippen molar-refractivity contribution in [1.29, 1.82) is 0 Å². The summed E-state index contributed by atoms with van der Waals surface area (Å²) >= 11 is 0. The van der Waals surface area contributed by atoms with E-state index in [1.807, 2.05) is 12.1 Å². The number of para-hydroxylation sites is 1. The van der Waals surface area contributed by atoms with E-state index in [1.165, 1.54) is 19.4 Å². The molecule has 0 amide bonds. The molecule has 4 rings (SSSR count). The molecular formula is C18H16N4O4. The number of nitro groups is 1. The van der Waals surface area contributed by atoms with Crippen molar-refractivity contribution in [1.82, 2.24) is 9.97 Å². The van der Waals surface area contributed by atoms with Crippen LogP contribution in [0.3, 0.4) is 0 Å². The Labute approximate surface area is 148 Å². The summed E-state index contributed by atoms with van der Waals surface area (Å²) in [5.74, 6) is 0.322. The molecule has 1 N–H and O–H groups in total. The molecule has 0 spiro atoms. The average molecular weight is 352 g/mol. The number of nitrogens with zero attached hydrogens (tertiary/aromatic N) is 3. The van der Waals surface area contributed by atoms with Gasteiger partial charge in [0, 0.05) is 42.2 Å². The van der Waals surface area contributed by atoms with Gasteiger partial charge in [0.05, 0.1) is 23.1 Å². The fraction of sp³-hybridized carbons (Fsp3) is 0.222. The van der Waals surface area contributed by atoms with Gasteiger partial charge in [-0.1, -0.05) is 12.1 Å². The van der Waals surface area contributed by atoms with Crippen LogP contribution in [0.25, 0.3) is 10.9 Å². The van der Waals surface area contributed by atoms with Gasteiger partial charge in [0.2, 0.25) is 0 Å². The predicted molar refractivity (Wildman–Crippen MR) is 95.3 cm³/mol. The minimum Gasteiger partial charge on any atom is -0.465 e. The molecule has 3 heterocycles. The summed E-state index contributed by atoms with van der Waals surface area (Å²) in [5, 5.41) is 11.8. The summed E-state index contributed by atoms with van der Waals surface area (Å²) in [6.07, 6.45) is 2.04. The summed E-state index contributed by atoms with van der Waals surface area (Å²) in [5.41, 5.74) is 3.47. The van der Waals surface area contributed by atoms with E-state index in [9.17, 15) is 14.9 Å². The number of aromatic nitrogens is 2. The number of nitrogens with one attached hydrogen (secondary N) is 1. The number of anilines is 1. The number of H-pyrrole nitrogens is 1. The Kier molecular flexibility index (Phi) is 3.80. The van der Waals surface area contributed by atoms with Gasteiger partial charge in [-0.3, -0.25) is 10.1 Å². The highest BCUT2D eigenvalue weighted by molar-refractivity contribution is 6.04. The molecule has 3 aromatic rings. The Morgan fingerprint density at radius 2 is 2.19 bits per heavy atom. The van der Waals surface area contributed by atoms with Gasteiger partial charge in [-0.05, 0) is 12.1 Å². The van der Waals surface area contributed by atoms with Crippen LogP contribution in [0.5, 0.6) is 0 Å². The van der Waals surface area contributed by atoms with Crippen molar-refractivity contribution in [3.63, 3.8) is 0 Å². The first-order valence-corrected chi connectivity index (χ1v) is 8.14. The molecule has 2 aromatic heterocycles. The second kappa shape index (κ2) is 6.14. The highest BCUT2D eigenvalue weighted by atomic mass is 16.6. The number of esters is 1. The van der Waals surface area contributed by atoms with Gasteiger partial charge in [-0.25, -0.2) is 9.78 Å². The number of carbonyl (C=O) groups excluding carboxylic acids is 1. The first-order chi connectivity index (χ1) is 12.6. The zero-order valence-corrected chi connectivity index (χ0v) is 14.1. The Bertz CT molecular complexity index is 1010. The van der Waals surface area contributed by atoms with Crippen molar-refractivity contribution >= 4 is 28.4 Å². The molecule has 1 aliphatic rings. The van der Waals surface area contributed by atoms with Gasteiger partial charge in [-0.2, -0.15) is 0 Å². The van der Waals surface area contributed by atoms with Crippen LogP contribution in [0.4, 0.5) is 11.5 Å². The first kappa shape index (κ1) is 16.1. The third-order valence-electron chi connectivity index (χ3n) is 4.68. The van der Waals surface area contributed by atoms with Crippen LogP contribution in [0, 0.1) is 10.1 Å². The number of pyridine rings is 1. The molecular weight excluding hydrogens is 336 g/mol. The molecule has 0 radical (unpaired) electrons. The number of ether oxygens (including phenoxy) is 1. The number of rotatable bonds is 3. The SMILES string of the molecule is COC(=O)c1cccc2c3c([nH]c12)CCN(c1ccc([N+](=O)[O-])cn1)C3. The molecule has 0 aliphatic carbocycles. The molecule has 0 fully saturated rings. The van der Waals surface area contributed by atoms with E-state index in [0.717, 1.165) is 35.1 Å². The average Bonchev–Trinajstić information content (AvgIpc) is 3.05. The maximum absolute atomic E-state index is 12.0. The predicted octanol–water partition coefficient (Wildman–Crippen LogP) is 2.82. The molecule has 0 unspecified atom stereocenters. The number of hydrogen-bond acceptors (Lipinski definition) is 6. The molecule has 8 nitrogen and oxygen atoms in total. The van der Waals surface area contributed by atoms with Crippen molar-refractivity contribution < 1.29 is 14.5 Å². The monoisotopic (exact) mass is 352 g/mol. The van der Waals surface area contributed by atoms with Crippen LogP contribution in [0.2, 0.25) is 0 Å². The van der Waals surface area contributed by atoms with Crippen molar-refractivity contribution in [3.8, 4) is 0 Å². The van der Waals surface area contributed by atoms with E-state index in [-0.39, 0.29) is 11.7 Å². The molecule has 0 saturated heterocycles. The quantitative estimate of drug-likeness (QED) is 0.442. The number of fused-ring (bicyclic) bond motifs is 3. The van der Waals surface area contributed by atoms with Crippen LogP contribution < -0.4 is 4.90 Å². The molecule has 1 aromatic carbocycles. The maximum Gasteiger partial charge on any atom is 0.339 e. The normalized spacial score (nSPS) is 13.5. The second-order valence-electron chi connectivity index (χ2n) is 6.11. The lowest BCUT2D eigenvalue weighted by molar-refractivity contribution is -0.385. The summed E-state index contributed by atoms with van der Waals surface area (Å²) in [4.78, 5) is 32.0. The third-order valence-corrected chi connectivity index (χ3v) is 4.68. The van der Waals surface area contributed by atoms with Crippen molar-refractivity contribution in [3.05, 3.63) is 63.5 Å². The molecule has 1 aliphatic heterocycles. The van der Waals surface area contributed by atoms with Crippen LogP contribution >= 0.6 is 0 Å². The molecule has 0 bridgehead atoms. The standard InChI is InChI=1S/C18H16N4O4/c1-26-18(23)13-4-2-3-12-14-10-21(8-7-15(14)20-17(12)13)16-6-5-11(9-19-16)22(24)25/h2-6,9,20H,7-8,10H2,1H3. The third kappa shape index (κ3) is 2.55. The summed E-state index contributed by atoms with van der Waals surface area (Å²) in [7, 11) is 1.37. The van der Waals surface area contributed by atoms with Crippen molar-refractivity contribution in [2.45, 2.75) is 13.0 Å². The molecule has 132 valence electrons. The molecule has 0 atom stereocenters. The zero-order chi connectivity index (χ0) is 18.3. The zero-order valence-electron chi connectivity index (χ0n) is 14.1. The van der Waals surface area contributed by atoms with E-state index in [0.29, 0.717) is 17.9 Å². The van der Waals surface area contributed by atoms with Gasteiger partial charge in [-0.15, -0.1) is 0 Å². The minimum absolute atomic E-state index is 0.0266. The van der Waals surface area contributed by atoms with Gasteiger partial charge in [0.1, 0.15) is 12.0 Å². The maximum atomic E-state index is 12.0. The van der Waals surface area contributed by atoms with E-state index in [4.69, 9.17) is 4.74 Å². The molecule has 0 saturated carbocycles. The Hall–Kier alpha value is -3.42. The Morgan fingerprint density at radius 1 is 1.35 bits per heavy atom. The van der Waals surface area contributed by atoms with E-state index >= 15 is 0 Å². The van der Waals surface area contributed by atoms with Crippen molar-refractivity contribution in [2.24, 2.45) is 0 Å². The van der Waals surface area contributed by atoms with Crippen molar-refractivity contribution in [2.75, 3.05) is 18.6 Å². The number of hydrogen-bond donors (Lipinski definition) is 1. The highest BCUT2D eigenvalue weighted by Crippen LogP contribution is 2.31. The first-order valence-electron chi connectivity index (χ1n) is 8.14. The number of methoxy groups -OCH3 is 1.